The fourth-order valence-electron chi connectivity index (χ4n) is 8.95. The van der Waals surface area contributed by atoms with Crippen molar-refractivity contribution >= 4 is 52.7 Å². The van der Waals surface area contributed by atoms with Crippen LogP contribution in [-0.2, 0) is 61.7 Å². The fraction of sp³-hybridized carbons (Fsp3) is 0.396. The number of imidazole rings is 1. The first-order valence-corrected chi connectivity index (χ1v) is 24.2. The molecular weight excluding hydrogens is 932 g/mol. The van der Waals surface area contributed by atoms with E-state index >= 15 is 4.79 Å². The topological polar surface area (TPSA) is 159 Å². The van der Waals surface area contributed by atoms with E-state index in [1.165, 1.54) is 16.9 Å². The van der Waals surface area contributed by atoms with Gasteiger partial charge in [-0.1, -0.05) is 71.7 Å². The van der Waals surface area contributed by atoms with Crippen LogP contribution in [0.15, 0.2) is 103 Å². The summed E-state index contributed by atoms with van der Waals surface area (Å²) in [5.74, 6) is -1.19. The zero-order chi connectivity index (χ0) is 50.2. The summed E-state index contributed by atoms with van der Waals surface area (Å²) >= 11 is 12.8. The van der Waals surface area contributed by atoms with Gasteiger partial charge in [-0.15, -0.1) is 0 Å². The largest absolute Gasteiger partial charge is 0.457 e. The molecule has 0 radical (unpaired) electrons. The molecule has 2 fully saturated rings. The molecule has 1 saturated carbocycles. The predicted octanol–water partition coefficient (Wildman–Crippen LogP) is 6.53. The van der Waals surface area contributed by atoms with Gasteiger partial charge in [0, 0.05) is 68.3 Å². The molecule has 17 heteroatoms. The normalized spacial score (nSPS) is 21.8. The van der Waals surface area contributed by atoms with Crippen molar-refractivity contribution < 1.29 is 33.4 Å². The molecule has 5 amide bonds. The highest BCUT2D eigenvalue weighted by Crippen LogP contribution is 2.34. The van der Waals surface area contributed by atoms with Gasteiger partial charge < -0.3 is 44.3 Å². The Labute approximate surface area is 420 Å². The summed E-state index contributed by atoms with van der Waals surface area (Å²) in [4.78, 5) is 83.7. The predicted molar refractivity (Wildman–Crippen MR) is 269 cm³/mol. The van der Waals surface area contributed by atoms with Gasteiger partial charge in [-0.2, -0.15) is 0 Å². The number of amides is 5. The van der Waals surface area contributed by atoms with Crippen molar-refractivity contribution in [1.82, 2.24) is 39.8 Å². The Morgan fingerprint density at radius 3 is 2.16 bits per heavy atom. The van der Waals surface area contributed by atoms with Crippen LogP contribution >= 0.6 is 23.2 Å². The minimum absolute atomic E-state index is 0.0490. The van der Waals surface area contributed by atoms with Crippen LogP contribution in [-0.4, -0.2) is 131 Å². The van der Waals surface area contributed by atoms with E-state index in [2.05, 4.69) is 25.1 Å². The highest BCUT2D eigenvalue weighted by Gasteiger charge is 2.45. The molecule has 7 rings (SSSR count). The number of carbonyl (C=O) groups is 5. The number of aromatic nitrogens is 2. The van der Waals surface area contributed by atoms with Gasteiger partial charge in [0.2, 0.25) is 29.5 Å². The molecule has 6 atom stereocenters. The van der Waals surface area contributed by atoms with Gasteiger partial charge in [0.05, 0.1) is 49.6 Å². The van der Waals surface area contributed by atoms with Crippen molar-refractivity contribution in [2.75, 3.05) is 41.9 Å². The maximum atomic E-state index is 15.0. The van der Waals surface area contributed by atoms with E-state index < -0.39 is 41.8 Å². The molecule has 5 aromatic rings. The van der Waals surface area contributed by atoms with Crippen molar-refractivity contribution in [1.29, 1.82) is 0 Å². The Balaban J connectivity index is 1.22. The van der Waals surface area contributed by atoms with Crippen LogP contribution in [0.25, 0.3) is 11.3 Å². The number of nitrogens with zero attached hydrogens (tertiary/aromatic N) is 6. The summed E-state index contributed by atoms with van der Waals surface area (Å²) in [5.41, 5.74) is 4.12. The Morgan fingerprint density at radius 1 is 0.786 bits per heavy atom. The molecule has 2 heterocycles. The second kappa shape index (κ2) is 23.1. The van der Waals surface area contributed by atoms with E-state index in [9.17, 15) is 19.2 Å². The lowest BCUT2D eigenvalue weighted by atomic mass is 9.93. The lowest BCUT2D eigenvalue weighted by Gasteiger charge is -2.34. The molecule has 0 bridgehead atoms. The number of rotatable bonds is 13. The van der Waals surface area contributed by atoms with Gasteiger partial charge in [-0.3, -0.25) is 24.0 Å². The molecular formula is C53H62Cl2N8O7. The first kappa shape index (κ1) is 51.6. The van der Waals surface area contributed by atoms with Crippen molar-refractivity contribution in [3.8, 4) is 22.8 Å². The fourth-order valence-corrected chi connectivity index (χ4v) is 9.24. The number of fused-ring (bicyclic) bond motifs is 1. The van der Waals surface area contributed by atoms with E-state index in [-0.39, 0.29) is 56.3 Å². The maximum Gasteiger partial charge on any atom is 0.247 e. The van der Waals surface area contributed by atoms with Crippen molar-refractivity contribution in [3.05, 3.63) is 136 Å². The van der Waals surface area contributed by atoms with Gasteiger partial charge in [-0.05, 0) is 99.9 Å². The van der Waals surface area contributed by atoms with Gasteiger partial charge >= 0.3 is 0 Å². The molecule has 1 aromatic heterocycles. The Bertz CT molecular complexity index is 2650. The monoisotopic (exact) mass is 992 g/mol. The van der Waals surface area contributed by atoms with Crippen molar-refractivity contribution in [3.63, 3.8) is 0 Å². The third kappa shape index (κ3) is 12.9. The summed E-state index contributed by atoms with van der Waals surface area (Å²) in [6, 6.07) is 25.6. The summed E-state index contributed by atoms with van der Waals surface area (Å²) in [6.07, 6.45) is 2.63. The average molecular weight is 994 g/mol. The number of carbonyl (C=O) groups excluding carboxylic acids is 5. The number of nitrogens with one attached hydrogen (secondary N) is 2. The average Bonchev–Trinajstić information content (AvgIpc) is 4.01. The smallest absolute Gasteiger partial charge is 0.247 e. The molecule has 2 N–H and O–H groups in total. The molecule has 370 valence electrons. The van der Waals surface area contributed by atoms with Crippen LogP contribution in [0.4, 0.5) is 0 Å². The minimum Gasteiger partial charge on any atom is -0.457 e. The molecule has 2 aliphatic rings. The molecule has 2 unspecified atom stereocenters. The number of benzene rings is 4. The summed E-state index contributed by atoms with van der Waals surface area (Å²) in [7, 11) is 10.7. The zero-order valence-corrected chi connectivity index (χ0v) is 42.2. The zero-order valence-electron chi connectivity index (χ0n) is 40.7. The highest BCUT2D eigenvalue weighted by molar-refractivity contribution is 6.31. The SMILES string of the molecule is COC[C@@H]1NC(=O)[C@H](C)N(Cc2ccc(Cl)cc2Oc2ccc(-c3cnc(CN(C)C)n3C)cc2)C(=O)C[C@@H](Cc2ccccc2)C(=O)N(C)C2CC2NC(=O)C[C@H](Cc2ccc(Cl)cc2)N(C)C1=O. The number of hydrogen-bond donors (Lipinski definition) is 2. The third-order valence-corrected chi connectivity index (χ3v) is 13.6. The molecule has 15 nitrogen and oxygen atoms in total. The van der Waals surface area contributed by atoms with E-state index in [1.807, 2.05) is 94.1 Å². The Hall–Kier alpha value is -6.26. The maximum absolute atomic E-state index is 15.0. The van der Waals surface area contributed by atoms with Gasteiger partial charge in [-0.25, -0.2) is 4.98 Å². The minimum atomic E-state index is -1.19. The number of ether oxygens (including phenoxy) is 2. The van der Waals surface area contributed by atoms with Crippen LogP contribution in [0.1, 0.15) is 48.7 Å². The summed E-state index contributed by atoms with van der Waals surface area (Å²) in [6.45, 7) is 1.97. The highest BCUT2D eigenvalue weighted by atomic mass is 35.5. The quantitative estimate of drug-likeness (QED) is 0.134. The van der Waals surface area contributed by atoms with E-state index in [1.54, 1.807) is 56.3 Å². The van der Waals surface area contributed by atoms with Gasteiger partial charge in [0.15, 0.2) is 0 Å². The third-order valence-electron chi connectivity index (χ3n) is 13.1. The molecule has 0 spiro atoms. The van der Waals surface area contributed by atoms with Crippen molar-refractivity contribution in [2.24, 2.45) is 13.0 Å². The number of hydrogen-bond acceptors (Lipinski definition) is 9. The molecule has 1 aliphatic carbocycles. The standard InChI is InChI=1S/C53H62Cl2N8O7/c1-33-51(66)58-44(32-69-7)53(68)60(4)41(24-35-13-18-39(54)19-14-35)27-49(64)57-43-28-45(43)62(6)52(67)38(23-34-11-9-8-10-12-34)25-50(65)63(33)30-37-15-20-40(55)26-47(37)70-42-21-16-36(17-22-42)46-29-56-48(61(46)5)31-59(2)3/h8-22,26,29,33,38,41,43-45H,23-25,27-28,30-32H2,1-7H3,(H,57,64)(H,58,66)/t33-,38+,41-,43?,44-,45?/m0/s1. The van der Waals surface area contributed by atoms with Crippen molar-refractivity contribution in [2.45, 2.75) is 82.3 Å². The summed E-state index contributed by atoms with van der Waals surface area (Å²) in [5, 5.41) is 6.89. The van der Waals surface area contributed by atoms with E-state index in [0.29, 0.717) is 46.5 Å². The first-order chi connectivity index (χ1) is 33.5. The number of halogens is 2. The molecule has 70 heavy (non-hydrogen) atoms. The molecule has 1 aliphatic heterocycles. The molecule has 4 aromatic carbocycles. The van der Waals surface area contributed by atoms with Crippen LogP contribution in [0.5, 0.6) is 11.5 Å². The van der Waals surface area contributed by atoms with Crippen LogP contribution in [0.3, 0.4) is 0 Å². The Morgan fingerprint density at radius 2 is 1.47 bits per heavy atom. The van der Waals surface area contributed by atoms with Gasteiger partial charge in [0.25, 0.3) is 0 Å². The van der Waals surface area contributed by atoms with Gasteiger partial charge in [0.1, 0.15) is 29.4 Å². The van der Waals surface area contributed by atoms with E-state index in [0.717, 1.165) is 28.2 Å². The van der Waals surface area contributed by atoms with E-state index in [4.69, 9.17) is 32.7 Å². The van der Waals surface area contributed by atoms with Crippen LogP contribution in [0, 0.1) is 5.92 Å². The number of methoxy groups -OCH3 is 1. The van der Waals surface area contributed by atoms with Crippen LogP contribution < -0.4 is 15.4 Å². The lowest BCUT2D eigenvalue weighted by Crippen LogP contribution is -2.57. The second-order valence-electron chi connectivity index (χ2n) is 18.6. The van der Waals surface area contributed by atoms with Crippen LogP contribution in [0.2, 0.25) is 10.0 Å². The lowest BCUT2D eigenvalue weighted by molar-refractivity contribution is -0.146. The number of likely N-dealkylation sites (N-methyl/N-ethyl adjacent to an activating group) is 2. The molecule has 1 saturated heterocycles. The summed E-state index contributed by atoms with van der Waals surface area (Å²) < 4.78 is 14.0. The first-order valence-electron chi connectivity index (χ1n) is 23.4. The second-order valence-corrected chi connectivity index (χ2v) is 19.5. The Kier molecular flexibility index (Phi) is 17.0.